The van der Waals surface area contributed by atoms with Crippen molar-refractivity contribution in [1.29, 1.82) is 0 Å². The number of methoxy groups -OCH3 is 1. The topological polar surface area (TPSA) is 64.4 Å². The molecule has 2 aromatic heterocycles. The highest BCUT2D eigenvalue weighted by Crippen LogP contribution is 2.11. The van der Waals surface area contributed by atoms with E-state index in [0.29, 0.717) is 37.7 Å². The second-order valence-corrected chi connectivity index (χ2v) is 7.10. The fourth-order valence-electron chi connectivity index (χ4n) is 2.80. The van der Waals surface area contributed by atoms with Gasteiger partial charge in [0.25, 0.3) is 11.5 Å². The van der Waals surface area contributed by atoms with Crippen LogP contribution in [0.2, 0.25) is 0 Å². The molecule has 2 aromatic rings. The Morgan fingerprint density at radius 2 is 2.07 bits per heavy atom. The molecule has 0 aliphatic heterocycles. The van der Waals surface area contributed by atoms with E-state index in [-0.39, 0.29) is 17.0 Å². The smallest absolute Gasteiger partial charge is 0.263 e. The highest BCUT2D eigenvalue weighted by Gasteiger charge is 2.22. The first-order valence-electron chi connectivity index (χ1n) is 9.32. The SMILES string of the molecule is COCCN(Cc1ccccn1)C(=O)c1c(C)ccn(CCC(C)C)c1=O. The molecule has 0 unspecified atom stereocenters. The summed E-state index contributed by atoms with van der Waals surface area (Å²) in [5.41, 5.74) is 1.46. The number of amides is 1. The summed E-state index contributed by atoms with van der Waals surface area (Å²) < 4.78 is 6.78. The molecule has 0 atom stereocenters. The zero-order chi connectivity index (χ0) is 19.8. The Labute approximate surface area is 160 Å². The van der Waals surface area contributed by atoms with Crippen molar-refractivity contribution >= 4 is 5.91 Å². The van der Waals surface area contributed by atoms with Gasteiger partial charge in [-0.15, -0.1) is 0 Å². The van der Waals surface area contributed by atoms with E-state index in [0.717, 1.165) is 12.1 Å². The predicted octanol–water partition coefficient (Wildman–Crippen LogP) is 2.89. The summed E-state index contributed by atoms with van der Waals surface area (Å²) in [5.74, 6) is 0.207. The average molecular weight is 371 g/mol. The van der Waals surface area contributed by atoms with Gasteiger partial charge < -0.3 is 14.2 Å². The van der Waals surface area contributed by atoms with E-state index < -0.39 is 0 Å². The molecular formula is C21H29N3O3. The number of carbonyl (C=O) groups excluding carboxylic acids is 1. The molecule has 0 spiro atoms. The van der Waals surface area contributed by atoms with Crippen molar-refractivity contribution in [3.05, 3.63) is 63.8 Å². The maximum absolute atomic E-state index is 13.2. The standard InChI is InChI=1S/C21H29N3O3/c1-16(2)8-11-23-12-9-17(3)19(20(23)25)21(26)24(13-14-27-4)15-18-7-5-6-10-22-18/h5-7,9-10,12,16H,8,11,13-15H2,1-4H3. The lowest BCUT2D eigenvalue weighted by Crippen LogP contribution is -2.39. The van der Waals surface area contributed by atoms with Crippen molar-refractivity contribution in [2.75, 3.05) is 20.3 Å². The average Bonchev–Trinajstić information content (AvgIpc) is 2.65. The highest BCUT2D eigenvalue weighted by molar-refractivity contribution is 5.95. The molecule has 0 N–H and O–H groups in total. The molecule has 0 aromatic carbocycles. The first kappa shape index (κ1) is 20.8. The van der Waals surface area contributed by atoms with Gasteiger partial charge in [0.05, 0.1) is 18.8 Å². The molecule has 1 amide bonds. The van der Waals surface area contributed by atoms with Gasteiger partial charge in [-0.25, -0.2) is 0 Å². The van der Waals surface area contributed by atoms with Crippen molar-refractivity contribution in [2.24, 2.45) is 5.92 Å². The molecule has 27 heavy (non-hydrogen) atoms. The van der Waals surface area contributed by atoms with Crippen LogP contribution in [0.1, 0.15) is 41.9 Å². The van der Waals surface area contributed by atoms with Gasteiger partial charge in [-0.2, -0.15) is 0 Å². The zero-order valence-corrected chi connectivity index (χ0v) is 16.6. The van der Waals surface area contributed by atoms with E-state index in [9.17, 15) is 9.59 Å². The zero-order valence-electron chi connectivity index (χ0n) is 16.6. The van der Waals surface area contributed by atoms with Crippen LogP contribution in [0.25, 0.3) is 0 Å². The number of aryl methyl sites for hydroxylation is 2. The third-order valence-corrected chi connectivity index (χ3v) is 4.47. The number of pyridine rings is 2. The first-order valence-corrected chi connectivity index (χ1v) is 9.32. The van der Waals surface area contributed by atoms with Crippen LogP contribution in [0.5, 0.6) is 0 Å². The van der Waals surface area contributed by atoms with Crippen LogP contribution in [0.4, 0.5) is 0 Å². The van der Waals surface area contributed by atoms with Crippen LogP contribution in [-0.4, -0.2) is 40.6 Å². The van der Waals surface area contributed by atoms with E-state index in [1.165, 1.54) is 0 Å². The number of carbonyl (C=O) groups is 1. The Kier molecular flexibility index (Phi) is 7.73. The Morgan fingerprint density at radius 1 is 1.30 bits per heavy atom. The van der Waals surface area contributed by atoms with Crippen LogP contribution in [0, 0.1) is 12.8 Å². The highest BCUT2D eigenvalue weighted by atomic mass is 16.5. The van der Waals surface area contributed by atoms with E-state index in [1.54, 1.807) is 35.9 Å². The second kappa shape index (κ2) is 10.0. The Balaban J connectivity index is 2.32. The molecule has 6 heteroatoms. The quantitative estimate of drug-likeness (QED) is 0.680. The molecule has 146 valence electrons. The minimum Gasteiger partial charge on any atom is -0.383 e. The minimum absolute atomic E-state index is 0.230. The second-order valence-electron chi connectivity index (χ2n) is 7.10. The monoisotopic (exact) mass is 371 g/mol. The fraction of sp³-hybridized carbons (Fsp3) is 0.476. The van der Waals surface area contributed by atoms with Gasteiger partial charge in [0, 0.05) is 32.6 Å². The number of hydrogen-bond acceptors (Lipinski definition) is 4. The van der Waals surface area contributed by atoms with Gasteiger partial charge in [-0.3, -0.25) is 14.6 Å². The van der Waals surface area contributed by atoms with Crippen LogP contribution in [-0.2, 0) is 17.8 Å². The molecule has 2 rings (SSSR count). The summed E-state index contributed by atoms with van der Waals surface area (Å²) in [6, 6.07) is 7.42. The Morgan fingerprint density at radius 3 is 2.70 bits per heavy atom. The molecule has 0 aliphatic rings. The molecule has 0 saturated heterocycles. The van der Waals surface area contributed by atoms with Gasteiger partial charge in [-0.05, 0) is 43.0 Å². The third kappa shape index (κ3) is 5.76. The third-order valence-electron chi connectivity index (χ3n) is 4.47. The van der Waals surface area contributed by atoms with Crippen molar-refractivity contribution in [1.82, 2.24) is 14.5 Å². The molecule has 0 saturated carbocycles. The summed E-state index contributed by atoms with van der Waals surface area (Å²) in [6.07, 6.45) is 4.36. The lowest BCUT2D eigenvalue weighted by Gasteiger charge is -2.23. The van der Waals surface area contributed by atoms with E-state index >= 15 is 0 Å². The van der Waals surface area contributed by atoms with E-state index in [1.807, 2.05) is 24.3 Å². The minimum atomic E-state index is -0.279. The van der Waals surface area contributed by atoms with Gasteiger partial charge >= 0.3 is 0 Å². The van der Waals surface area contributed by atoms with Gasteiger partial charge in [0.15, 0.2) is 0 Å². The summed E-state index contributed by atoms with van der Waals surface area (Å²) in [6.45, 7) is 7.77. The van der Waals surface area contributed by atoms with Gasteiger partial charge in [0.2, 0.25) is 0 Å². The predicted molar refractivity (Wildman–Crippen MR) is 106 cm³/mol. The van der Waals surface area contributed by atoms with Crippen molar-refractivity contribution in [2.45, 2.75) is 40.3 Å². The molecule has 6 nitrogen and oxygen atoms in total. The number of hydrogen-bond donors (Lipinski definition) is 0. The van der Waals surface area contributed by atoms with Gasteiger partial charge in [0.1, 0.15) is 5.56 Å². The van der Waals surface area contributed by atoms with E-state index in [2.05, 4.69) is 18.8 Å². The van der Waals surface area contributed by atoms with Crippen LogP contribution >= 0.6 is 0 Å². The molecule has 2 heterocycles. The van der Waals surface area contributed by atoms with Gasteiger partial charge in [-0.1, -0.05) is 19.9 Å². The van der Waals surface area contributed by atoms with Crippen LogP contribution in [0.3, 0.4) is 0 Å². The molecular weight excluding hydrogens is 342 g/mol. The summed E-state index contributed by atoms with van der Waals surface area (Å²) in [7, 11) is 1.59. The molecule has 0 bridgehead atoms. The molecule has 0 fully saturated rings. The number of aromatic nitrogens is 2. The number of ether oxygens (including phenoxy) is 1. The van der Waals surface area contributed by atoms with Crippen molar-refractivity contribution < 1.29 is 9.53 Å². The Hall–Kier alpha value is -2.47. The lowest BCUT2D eigenvalue weighted by atomic mass is 10.1. The number of rotatable bonds is 9. The van der Waals surface area contributed by atoms with Crippen LogP contribution < -0.4 is 5.56 Å². The Bertz CT molecular complexity index is 800. The largest absolute Gasteiger partial charge is 0.383 e. The molecule has 0 radical (unpaired) electrons. The summed E-state index contributed by atoms with van der Waals surface area (Å²) >= 11 is 0. The van der Waals surface area contributed by atoms with Crippen molar-refractivity contribution in [3.63, 3.8) is 0 Å². The fourth-order valence-corrected chi connectivity index (χ4v) is 2.80. The van der Waals surface area contributed by atoms with Crippen LogP contribution in [0.15, 0.2) is 41.5 Å². The maximum atomic E-state index is 13.2. The summed E-state index contributed by atoms with van der Waals surface area (Å²) in [4.78, 5) is 32.1. The number of nitrogens with zero attached hydrogens (tertiary/aromatic N) is 3. The normalized spacial score (nSPS) is 11.0. The molecule has 0 aliphatic carbocycles. The first-order chi connectivity index (χ1) is 12.9. The van der Waals surface area contributed by atoms with E-state index in [4.69, 9.17) is 4.74 Å². The summed E-state index contributed by atoms with van der Waals surface area (Å²) in [5, 5.41) is 0. The van der Waals surface area contributed by atoms with Crippen molar-refractivity contribution in [3.8, 4) is 0 Å². The lowest BCUT2D eigenvalue weighted by molar-refractivity contribution is 0.0674. The maximum Gasteiger partial charge on any atom is 0.263 e.